The summed E-state index contributed by atoms with van der Waals surface area (Å²) in [6.07, 6.45) is 5.48. The summed E-state index contributed by atoms with van der Waals surface area (Å²) in [6, 6.07) is 0. The SMILES string of the molecule is C[C-]1C=NC=NC(C(C)C)=C1.[Cr]. The Morgan fingerprint density at radius 2 is 2.08 bits per heavy atom. The van der Waals surface area contributed by atoms with Gasteiger partial charge >= 0.3 is 0 Å². The van der Waals surface area contributed by atoms with E-state index in [-0.39, 0.29) is 17.4 Å². The van der Waals surface area contributed by atoms with Crippen molar-refractivity contribution in [2.24, 2.45) is 15.9 Å². The zero-order valence-electron chi connectivity index (χ0n) is 7.61. The molecule has 0 amide bonds. The molecule has 0 aromatic rings. The normalized spacial score (nSPS) is 15.7. The van der Waals surface area contributed by atoms with E-state index in [1.165, 1.54) is 0 Å². The van der Waals surface area contributed by atoms with Crippen LogP contribution in [0.3, 0.4) is 0 Å². The molecular formula is C9H13CrN2-. The minimum absolute atomic E-state index is 0. The van der Waals surface area contributed by atoms with Crippen LogP contribution in [-0.4, -0.2) is 12.6 Å². The third kappa shape index (κ3) is 3.25. The molecule has 2 nitrogen and oxygen atoms in total. The van der Waals surface area contributed by atoms with Crippen molar-refractivity contribution in [3.05, 3.63) is 17.7 Å². The van der Waals surface area contributed by atoms with Gasteiger partial charge < -0.3 is 4.99 Å². The fraction of sp³-hybridized carbons (Fsp3) is 0.444. The van der Waals surface area contributed by atoms with Gasteiger partial charge in [-0.3, -0.25) is 4.99 Å². The minimum atomic E-state index is 0. The largest absolute Gasteiger partial charge is 0.338 e. The van der Waals surface area contributed by atoms with Crippen molar-refractivity contribution in [1.29, 1.82) is 0 Å². The molecule has 0 N–H and O–H groups in total. The van der Waals surface area contributed by atoms with Gasteiger partial charge in [0.1, 0.15) is 0 Å². The molecule has 0 saturated carbocycles. The number of rotatable bonds is 1. The van der Waals surface area contributed by atoms with E-state index in [0.29, 0.717) is 5.92 Å². The average molecular weight is 201 g/mol. The van der Waals surface area contributed by atoms with Crippen LogP contribution in [0, 0.1) is 11.8 Å². The van der Waals surface area contributed by atoms with Crippen molar-refractivity contribution in [3.63, 3.8) is 0 Å². The van der Waals surface area contributed by atoms with E-state index >= 15 is 0 Å². The summed E-state index contributed by atoms with van der Waals surface area (Å²) in [5.41, 5.74) is 1.10. The van der Waals surface area contributed by atoms with Crippen molar-refractivity contribution in [2.45, 2.75) is 20.8 Å². The number of aliphatic imine (C=N–C) groups is 2. The maximum absolute atomic E-state index is 4.19. The predicted molar refractivity (Wildman–Crippen MR) is 48.8 cm³/mol. The monoisotopic (exact) mass is 201 g/mol. The molecule has 0 unspecified atom stereocenters. The summed E-state index contributed by atoms with van der Waals surface area (Å²) in [7, 11) is 0. The molecule has 3 heteroatoms. The number of nitrogens with zero attached hydrogens (tertiary/aromatic N) is 2. The molecule has 1 heterocycles. The van der Waals surface area contributed by atoms with Crippen molar-refractivity contribution in [1.82, 2.24) is 0 Å². The van der Waals surface area contributed by atoms with Crippen LogP contribution in [0.25, 0.3) is 0 Å². The zero-order valence-corrected chi connectivity index (χ0v) is 8.89. The zero-order chi connectivity index (χ0) is 8.27. The van der Waals surface area contributed by atoms with Gasteiger partial charge in [-0.2, -0.15) is 12.0 Å². The van der Waals surface area contributed by atoms with Crippen LogP contribution in [0.4, 0.5) is 0 Å². The van der Waals surface area contributed by atoms with E-state index in [1.807, 2.05) is 13.1 Å². The second-order valence-corrected chi connectivity index (χ2v) is 2.99. The molecule has 0 spiro atoms. The average Bonchev–Trinajstić information content (AvgIpc) is 2.13. The molecule has 0 aromatic heterocycles. The van der Waals surface area contributed by atoms with Gasteiger partial charge in [0.25, 0.3) is 0 Å². The van der Waals surface area contributed by atoms with Crippen LogP contribution in [-0.2, 0) is 17.4 Å². The molecule has 1 aliphatic rings. The van der Waals surface area contributed by atoms with Crippen LogP contribution < -0.4 is 0 Å². The van der Waals surface area contributed by atoms with Gasteiger partial charge in [-0.25, -0.2) is 0 Å². The second kappa shape index (κ2) is 5.19. The second-order valence-electron chi connectivity index (χ2n) is 2.99. The van der Waals surface area contributed by atoms with Gasteiger partial charge in [-0.15, -0.1) is 12.6 Å². The molecule has 12 heavy (non-hydrogen) atoms. The topological polar surface area (TPSA) is 24.7 Å². The van der Waals surface area contributed by atoms with Gasteiger partial charge in [0.2, 0.25) is 0 Å². The number of hydrogen-bond donors (Lipinski definition) is 0. The standard InChI is InChI=1S/C9H13N2.Cr/c1-7(2)9-4-8(3)5-10-6-11-9;/h4-7H,1-3H3;/q-1;. The quantitative estimate of drug-likeness (QED) is 0.581. The summed E-state index contributed by atoms with van der Waals surface area (Å²) in [6.45, 7) is 6.28. The Labute approximate surface area is 84.6 Å². The number of allylic oxidation sites excluding steroid dienone is 2. The molecule has 0 fully saturated rings. The van der Waals surface area contributed by atoms with Crippen LogP contribution in [0.5, 0.6) is 0 Å². The fourth-order valence-electron chi connectivity index (χ4n) is 0.874. The van der Waals surface area contributed by atoms with Gasteiger partial charge in [-0.05, 0) is 6.21 Å². The predicted octanol–water partition coefficient (Wildman–Crippen LogP) is 2.23. The molecule has 0 bridgehead atoms. The molecule has 1 aliphatic heterocycles. The maximum atomic E-state index is 4.19. The van der Waals surface area contributed by atoms with E-state index < -0.39 is 0 Å². The third-order valence-corrected chi connectivity index (χ3v) is 1.52. The van der Waals surface area contributed by atoms with Crippen molar-refractivity contribution < 1.29 is 17.4 Å². The summed E-state index contributed by atoms with van der Waals surface area (Å²) in [4.78, 5) is 8.17. The smallest absolute Gasteiger partial charge is 0.0942 e. The summed E-state index contributed by atoms with van der Waals surface area (Å²) < 4.78 is 0. The van der Waals surface area contributed by atoms with Crippen LogP contribution in [0.15, 0.2) is 21.8 Å². The molecular weight excluding hydrogens is 188 g/mol. The van der Waals surface area contributed by atoms with E-state index in [0.717, 1.165) is 11.6 Å². The first-order valence-corrected chi connectivity index (χ1v) is 3.81. The van der Waals surface area contributed by atoms with Gasteiger partial charge in [0.05, 0.1) is 6.34 Å². The molecule has 0 aliphatic carbocycles. The summed E-state index contributed by atoms with van der Waals surface area (Å²) in [5, 5.41) is 0. The van der Waals surface area contributed by atoms with Crippen molar-refractivity contribution in [3.8, 4) is 0 Å². The summed E-state index contributed by atoms with van der Waals surface area (Å²) >= 11 is 0. The molecule has 0 radical (unpaired) electrons. The van der Waals surface area contributed by atoms with E-state index in [2.05, 4.69) is 29.9 Å². The van der Waals surface area contributed by atoms with Crippen LogP contribution >= 0.6 is 0 Å². The van der Waals surface area contributed by atoms with Gasteiger partial charge in [-0.1, -0.05) is 19.8 Å². The Hall–Kier alpha value is -0.518. The Balaban J connectivity index is 0.00000121. The van der Waals surface area contributed by atoms with Gasteiger partial charge in [0, 0.05) is 17.4 Å². The minimum Gasteiger partial charge on any atom is -0.338 e. The molecule has 1 rings (SSSR count). The third-order valence-electron chi connectivity index (χ3n) is 1.52. The molecule has 0 atom stereocenters. The Morgan fingerprint density at radius 3 is 2.67 bits per heavy atom. The van der Waals surface area contributed by atoms with E-state index in [1.54, 1.807) is 6.34 Å². The van der Waals surface area contributed by atoms with Crippen molar-refractivity contribution >= 4 is 12.6 Å². The molecule has 0 aromatic carbocycles. The first-order chi connectivity index (χ1) is 5.20. The number of hydrogen-bond acceptors (Lipinski definition) is 2. The maximum Gasteiger partial charge on any atom is 0.0942 e. The van der Waals surface area contributed by atoms with Crippen molar-refractivity contribution in [2.75, 3.05) is 0 Å². The molecule has 0 saturated heterocycles. The summed E-state index contributed by atoms with van der Waals surface area (Å²) in [5.74, 6) is 1.63. The first kappa shape index (κ1) is 11.5. The fourth-order valence-corrected chi connectivity index (χ4v) is 0.874. The van der Waals surface area contributed by atoms with E-state index in [4.69, 9.17) is 0 Å². The Kier molecular flexibility index (Phi) is 4.96. The Morgan fingerprint density at radius 1 is 1.42 bits per heavy atom. The molecule has 66 valence electrons. The van der Waals surface area contributed by atoms with Crippen LogP contribution in [0.2, 0.25) is 0 Å². The van der Waals surface area contributed by atoms with Crippen LogP contribution in [0.1, 0.15) is 20.8 Å². The van der Waals surface area contributed by atoms with E-state index in [9.17, 15) is 0 Å². The van der Waals surface area contributed by atoms with Gasteiger partial charge in [0.15, 0.2) is 0 Å². The first-order valence-electron chi connectivity index (χ1n) is 3.81. The Bertz CT molecular complexity index is 217.